The predicted molar refractivity (Wildman–Crippen MR) is 114 cm³/mol. The third-order valence-electron chi connectivity index (χ3n) is 4.42. The summed E-state index contributed by atoms with van der Waals surface area (Å²) in [6.07, 6.45) is 0.157. The monoisotopic (exact) mass is 423 g/mol. The summed E-state index contributed by atoms with van der Waals surface area (Å²) >= 11 is 1.40. The van der Waals surface area contributed by atoms with Crippen LogP contribution in [0.4, 0.5) is 0 Å². The molecular formula is C22H21N3O4S. The Bertz CT molecular complexity index is 1110. The summed E-state index contributed by atoms with van der Waals surface area (Å²) in [4.78, 5) is 53.9. The third kappa shape index (κ3) is 5.81. The van der Waals surface area contributed by atoms with Crippen LogP contribution in [0, 0.1) is 6.92 Å². The van der Waals surface area contributed by atoms with Crippen molar-refractivity contribution in [1.82, 2.24) is 15.8 Å². The van der Waals surface area contributed by atoms with Crippen molar-refractivity contribution in [3.63, 3.8) is 0 Å². The second-order valence-corrected chi connectivity index (χ2v) is 8.05. The van der Waals surface area contributed by atoms with Crippen LogP contribution in [0.1, 0.15) is 50.7 Å². The highest BCUT2D eigenvalue weighted by atomic mass is 32.1. The molecule has 0 aliphatic rings. The van der Waals surface area contributed by atoms with Crippen molar-refractivity contribution in [2.75, 3.05) is 0 Å². The summed E-state index contributed by atoms with van der Waals surface area (Å²) in [6, 6.07) is 14.3. The SMILES string of the molecule is Cc1ccc(C(=O)CCC(=O)CCC(=O)NNC(=O)c2ccc3ccccc3n2)s1. The first-order valence-electron chi connectivity index (χ1n) is 9.48. The lowest BCUT2D eigenvalue weighted by Crippen LogP contribution is -2.42. The number of thiophene rings is 1. The van der Waals surface area contributed by atoms with Gasteiger partial charge in [0, 0.05) is 35.9 Å². The van der Waals surface area contributed by atoms with Crippen molar-refractivity contribution >= 4 is 45.6 Å². The molecule has 30 heavy (non-hydrogen) atoms. The van der Waals surface area contributed by atoms with Gasteiger partial charge in [-0.3, -0.25) is 30.0 Å². The number of ketones is 2. The maximum Gasteiger partial charge on any atom is 0.288 e. The molecule has 0 saturated heterocycles. The average Bonchev–Trinajstić information content (AvgIpc) is 3.20. The van der Waals surface area contributed by atoms with Crippen molar-refractivity contribution in [2.24, 2.45) is 0 Å². The largest absolute Gasteiger partial charge is 0.300 e. The van der Waals surface area contributed by atoms with E-state index in [1.807, 2.05) is 31.2 Å². The Balaban J connectivity index is 1.39. The Morgan fingerprint density at radius 2 is 1.63 bits per heavy atom. The van der Waals surface area contributed by atoms with Crippen LogP contribution in [-0.2, 0) is 9.59 Å². The van der Waals surface area contributed by atoms with Gasteiger partial charge in [-0.1, -0.05) is 24.3 Å². The number of fused-ring (bicyclic) bond motifs is 1. The Morgan fingerprint density at radius 1 is 0.867 bits per heavy atom. The lowest BCUT2D eigenvalue weighted by molar-refractivity contribution is -0.125. The second-order valence-electron chi connectivity index (χ2n) is 6.76. The predicted octanol–water partition coefficient (Wildman–Crippen LogP) is 3.38. The smallest absolute Gasteiger partial charge is 0.288 e. The van der Waals surface area contributed by atoms with Crippen LogP contribution in [0.5, 0.6) is 0 Å². The van der Waals surface area contributed by atoms with Crippen LogP contribution in [0.3, 0.4) is 0 Å². The molecule has 1 aromatic carbocycles. The van der Waals surface area contributed by atoms with E-state index in [4.69, 9.17) is 0 Å². The molecule has 2 N–H and O–H groups in total. The van der Waals surface area contributed by atoms with Crippen molar-refractivity contribution in [3.05, 3.63) is 64.0 Å². The van der Waals surface area contributed by atoms with Gasteiger partial charge in [0.15, 0.2) is 5.78 Å². The zero-order chi connectivity index (χ0) is 21.5. The van der Waals surface area contributed by atoms with Crippen molar-refractivity contribution < 1.29 is 19.2 Å². The van der Waals surface area contributed by atoms with E-state index in [1.165, 1.54) is 11.3 Å². The number of hydrazine groups is 1. The number of Topliss-reactive ketones (excluding diaryl/α,β-unsaturated/α-hetero) is 2. The number of carbonyl (C=O) groups excluding carboxylic acids is 4. The number of hydrogen-bond acceptors (Lipinski definition) is 6. The number of nitrogens with one attached hydrogen (secondary N) is 2. The minimum atomic E-state index is -0.544. The van der Waals surface area contributed by atoms with Gasteiger partial charge >= 0.3 is 0 Å². The number of para-hydroxylation sites is 1. The first-order valence-corrected chi connectivity index (χ1v) is 10.3. The Hall–Kier alpha value is -3.39. The highest BCUT2D eigenvalue weighted by molar-refractivity contribution is 7.14. The van der Waals surface area contributed by atoms with E-state index in [0.29, 0.717) is 10.4 Å². The zero-order valence-electron chi connectivity index (χ0n) is 16.4. The number of aromatic nitrogens is 1. The molecular weight excluding hydrogens is 402 g/mol. The number of benzene rings is 1. The summed E-state index contributed by atoms with van der Waals surface area (Å²) in [7, 11) is 0. The van der Waals surface area contributed by atoms with Gasteiger partial charge in [-0.15, -0.1) is 11.3 Å². The lowest BCUT2D eigenvalue weighted by atomic mass is 10.1. The molecule has 0 unspecified atom stereocenters. The molecule has 2 amide bonds. The molecule has 0 saturated carbocycles. The van der Waals surface area contributed by atoms with Crippen LogP contribution in [0.2, 0.25) is 0 Å². The molecule has 7 nitrogen and oxygen atoms in total. The number of pyridine rings is 1. The Kier molecular flexibility index (Phi) is 7.03. The van der Waals surface area contributed by atoms with Crippen molar-refractivity contribution in [3.8, 4) is 0 Å². The molecule has 0 radical (unpaired) electrons. The molecule has 154 valence electrons. The van der Waals surface area contributed by atoms with Gasteiger partial charge in [0.2, 0.25) is 5.91 Å². The highest BCUT2D eigenvalue weighted by Gasteiger charge is 2.13. The minimum Gasteiger partial charge on any atom is -0.300 e. The van der Waals surface area contributed by atoms with Crippen LogP contribution in [0.25, 0.3) is 10.9 Å². The summed E-state index contributed by atoms with van der Waals surface area (Å²) in [6.45, 7) is 1.92. The molecule has 0 spiro atoms. The fourth-order valence-electron chi connectivity index (χ4n) is 2.78. The molecule has 2 heterocycles. The van der Waals surface area contributed by atoms with Gasteiger partial charge in [-0.2, -0.15) is 0 Å². The van der Waals surface area contributed by atoms with Crippen LogP contribution < -0.4 is 10.9 Å². The summed E-state index contributed by atoms with van der Waals surface area (Å²) in [5.74, 6) is -1.27. The summed E-state index contributed by atoms with van der Waals surface area (Å²) in [5, 5.41) is 0.907. The number of hydrogen-bond donors (Lipinski definition) is 2. The van der Waals surface area contributed by atoms with E-state index in [0.717, 1.165) is 10.3 Å². The second kappa shape index (κ2) is 9.89. The Morgan fingerprint density at radius 3 is 2.40 bits per heavy atom. The number of rotatable bonds is 8. The maximum atomic E-state index is 12.2. The van der Waals surface area contributed by atoms with Crippen LogP contribution >= 0.6 is 11.3 Å². The fraction of sp³-hybridized carbons (Fsp3) is 0.227. The molecule has 2 aromatic heterocycles. The third-order valence-corrected chi connectivity index (χ3v) is 5.47. The van der Waals surface area contributed by atoms with E-state index in [-0.39, 0.29) is 42.9 Å². The van der Waals surface area contributed by atoms with Gasteiger partial charge in [0.05, 0.1) is 10.4 Å². The quantitative estimate of drug-likeness (QED) is 0.427. The highest BCUT2D eigenvalue weighted by Crippen LogP contribution is 2.18. The fourth-order valence-corrected chi connectivity index (χ4v) is 3.62. The topological polar surface area (TPSA) is 105 Å². The van der Waals surface area contributed by atoms with Gasteiger partial charge < -0.3 is 0 Å². The van der Waals surface area contributed by atoms with Crippen LogP contribution in [0.15, 0.2) is 48.5 Å². The molecule has 0 fully saturated rings. The minimum absolute atomic E-state index is 0.00662. The van der Waals surface area contributed by atoms with Gasteiger partial charge in [0.25, 0.3) is 5.91 Å². The van der Waals surface area contributed by atoms with E-state index >= 15 is 0 Å². The molecule has 0 aliphatic carbocycles. The molecule has 3 aromatic rings. The van der Waals surface area contributed by atoms with E-state index < -0.39 is 11.8 Å². The number of aryl methyl sites for hydroxylation is 1. The summed E-state index contributed by atoms with van der Waals surface area (Å²) in [5.41, 5.74) is 5.43. The van der Waals surface area contributed by atoms with Gasteiger partial charge in [-0.25, -0.2) is 4.98 Å². The standard InChI is InChI=1S/C22H21N3O4S/c1-14-6-12-20(30-14)19(27)11-8-16(26)9-13-21(28)24-25-22(29)18-10-7-15-4-2-3-5-17(15)23-18/h2-7,10,12H,8-9,11,13H2,1H3,(H,24,28)(H,25,29). The molecule has 3 rings (SSSR count). The summed E-state index contributed by atoms with van der Waals surface area (Å²) < 4.78 is 0. The molecule has 0 atom stereocenters. The molecule has 8 heteroatoms. The molecule has 0 bridgehead atoms. The van der Waals surface area contributed by atoms with Crippen molar-refractivity contribution in [2.45, 2.75) is 32.6 Å². The number of carbonyl (C=O) groups is 4. The first kappa shape index (κ1) is 21.3. The van der Waals surface area contributed by atoms with E-state index in [1.54, 1.807) is 24.3 Å². The lowest BCUT2D eigenvalue weighted by Gasteiger charge is -2.07. The van der Waals surface area contributed by atoms with E-state index in [9.17, 15) is 19.2 Å². The number of nitrogens with zero attached hydrogens (tertiary/aromatic N) is 1. The van der Waals surface area contributed by atoms with Crippen molar-refractivity contribution in [1.29, 1.82) is 0 Å². The normalized spacial score (nSPS) is 10.6. The first-order chi connectivity index (χ1) is 14.4. The van der Waals surface area contributed by atoms with E-state index in [2.05, 4.69) is 15.8 Å². The van der Waals surface area contributed by atoms with Gasteiger partial charge in [0.1, 0.15) is 11.5 Å². The Labute approximate surface area is 177 Å². The average molecular weight is 423 g/mol. The number of amides is 2. The zero-order valence-corrected chi connectivity index (χ0v) is 17.3. The molecule has 0 aliphatic heterocycles. The van der Waals surface area contributed by atoms with Crippen LogP contribution in [-0.4, -0.2) is 28.4 Å². The maximum absolute atomic E-state index is 12.2. The van der Waals surface area contributed by atoms with Gasteiger partial charge in [-0.05, 0) is 31.2 Å².